The van der Waals surface area contributed by atoms with Gasteiger partial charge in [0, 0.05) is 25.6 Å². The summed E-state index contributed by atoms with van der Waals surface area (Å²) in [4.78, 5) is 17.5. The van der Waals surface area contributed by atoms with E-state index in [1.807, 2.05) is 43.0 Å². The summed E-state index contributed by atoms with van der Waals surface area (Å²) in [5, 5.41) is 0. The van der Waals surface area contributed by atoms with E-state index in [4.69, 9.17) is 14.2 Å². The van der Waals surface area contributed by atoms with Crippen molar-refractivity contribution in [3.8, 4) is 11.5 Å². The first kappa shape index (κ1) is 18.0. The standard InChI is InChI=1S/C19H28N2O4/c1-19(2,25-17-8-6-5-7-16(17)23-4)18(22)21-10-14-9-20(3)15(11-21)13-24-12-14/h5-8,14-15H,9-13H2,1-4H3/t14-,15+/m1/s1. The van der Waals surface area contributed by atoms with Crippen LogP contribution in [0.2, 0.25) is 0 Å². The van der Waals surface area contributed by atoms with E-state index in [-0.39, 0.29) is 11.9 Å². The first-order valence-corrected chi connectivity index (χ1v) is 8.80. The molecule has 0 aliphatic carbocycles. The predicted octanol–water partition coefficient (Wildman–Crippen LogP) is 1.64. The third-order valence-corrected chi connectivity index (χ3v) is 4.98. The molecule has 0 spiro atoms. The highest BCUT2D eigenvalue weighted by Gasteiger charge is 2.40. The Morgan fingerprint density at radius 1 is 1.16 bits per heavy atom. The molecule has 2 saturated heterocycles. The fourth-order valence-electron chi connectivity index (χ4n) is 3.62. The third-order valence-electron chi connectivity index (χ3n) is 4.98. The van der Waals surface area contributed by atoms with Gasteiger partial charge in [0.15, 0.2) is 17.1 Å². The van der Waals surface area contributed by atoms with Crippen LogP contribution in [0.5, 0.6) is 11.5 Å². The summed E-state index contributed by atoms with van der Waals surface area (Å²) in [6, 6.07) is 7.65. The second-order valence-corrected chi connectivity index (χ2v) is 7.47. The molecule has 2 bridgehead atoms. The van der Waals surface area contributed by atoms with Crippen LogP contribution in [0.15, 0.2) is 24.3 Å². The first-order chi connectivity index (χ1) is 11.9. The Morgan fingerprint density at radius 3 is 2.60 bits per heavy atom. The third kappa shape index (κ3) is 3.90. The molecule has 2 fully saturated rings. The number of nitrogens with zero attached hydrogens (tertiary/aromatic N) is 2. The molecule has 0 saturated carbocycles. The maximum Gasteiger partial charge on any atom is 0.266 e. The van der Waals surface area contributed by atoms with Gasteiger partial charge in [-0.1, -0.05) is 12.1 Å². The summed E-state index contributed by atoms with van der Waals surface area (Å²) in [5.74, 6) is 1.55. The van der Waals surface area contributed by atoms with Crippen LogP contribution >= 0.6 is 0 Å². The zero-order valence-corrected chi connectivity index (χ0v) is 15.5. The van der Waals surface area contributed by atoms with Crippen LogP contribution in [0, 0.1) is 5.92 Å². The Bertz CT molecular complexity index is 619. The van der Waals surface area contributed by atoms with Crippen LogP contribution in [0.25, 0.3) is 0 Å². The van der Waals surface area contributed by atoms with Gasteiger partial charge in [-0.3, -0.25) is 9.69 Å². The second kappa shape index (κ2) is 7.22. The average molecular weight is 348 g/mol. The molecule has 25 heavy (non-hydrogen) atoms. The van der Waals surface area contributed by atoms with Gasteiger partial charge in [0.05, 0.1) is 26.4 Å². The predicted molar refractivity (Wildman–Crippen MR) is 95.0 cm³/mol. The fraction of sp³-hybridized carbons (Fsp3) is 0.632. The normalized spacial score (nSPS) is 24.6. The van der Waals surface area contributed by atoms with Gasteiger partial charge < -0.3 is 19.1 Å². The summed E-state index contributed by atoms with van der Waals surface area (Å²) >= 11 is 0. The fourth-order valence-corrected chi connectivity index (χ4v) is 3.62. The maximum atomic E-state index is 13.2. The van der Waals surface area contributed by atoms with Gasteiger partial charge in [0.25, 0.3) is 5.91 Å². The van der Waals surface area contributed by atoms with Crippen LogP contribution < -0.4 is 9.47 Å². The van der Waals surface area contributed by atoms with Crippen molar-refractivity contribution in [3.63, 3.8) is 0 Å². The van der Waals surface area contributed by atoms with E-state index < -0.39 is 5.60 Å². The Labute approximate surface area is 149 Å². The number of rotatable bonds is 4. The lowest BCUT2D eigenvalue weighted by atomic mass is 10.0. The van der Waals surface area contributed by atoms with Crippen LogP contribution in [-0.2, 0) is 9.53 Å². The monoisotopic (exact) mass is 348 g/mol. The second-order valence-electron chi connectivity index (χ2n) is 7.47. The number of carbonyl (C=O) groups is 1. The van der Waals surface area contributed by atoms with E-state index in [1.54, 1.807) is 7.11 Å². The Balaban J connectivity index is 1.76. The lowest BCUT2D eigenvalue weighted by molar-refractivity contribution is -0.147. The van der Waals surface area contributed by atoms with Crippen molar-refractivity contribution in [2.24, 2.45) is 5.92 Å². The van der Waals surface area contributed by atoms with Crippen molar-refractivity contribution in [1.82, 2.24) is 9.80 Å². The van der Waals surface area contributed by atoms with Crippen molar-refractivity contribution in [2.45, 2.75) is 25.5 Å². The largest absolute Gasteiger partial charge is 0.493 e. The molecule has 2 aliphatic heterocycles. The molecule has 0 aromatic heterocycles. The molecular formula is C19H28N2O4. The minimum atomic E-state index is -0.966. The SMILES string of the molecule is COc1ccccc1OC(C)(C)C(=O)N1C[C@@H]2COC[C@H](C1)N(C)C2. The van der Waals surface area contributed by atoms with Gasteiger partial charge in [0.1, 0.15) is 0 Å². The Hall–Kier alpha value is -1.79. The summed E-state index contributed by atoms with van der Waals surface area (Å²) in [5.41, 5.74) is -0.966. The summed E-state index contributed by atoms with van der Waals surface area (Å²) in [6.45, 7) is 7.36. The molecule has 1 aromatic rings. The van der Waals surface area contributed by atoms with Crippen LogP contribution in [-0.4, -0.2) is 74.4 Å². The molecule has 138 valence electrons. The van der Waals surface area contributed by atoms with E-state index in [0.717, 1.165) is 6.54 Å². The Morgan fingerprint density at radius 2 is 1.88 bits per heavy atom. The van der Waals surface area contributed by atoms with E-state index in [0.29, 0.717) is 43.7 Å². The van der Waals surface area contributed by atoms with Gasteiger partial charge in [0.2, 0.25) is 0 Å². The zero-order chi connectivity index (χ0) is 18.0. The minimum Gasteiger partial charge on any atom is -0.493 e. The van der Waals surface area contributed by atoms with Crippen LogP contribution in [0.1, 0.15) is 13.8 Å². The molecule has 6 heteroatoms. The number of amides is 1. The van der Waals surface area contributed by atoms with E-state index in [9.17, 15) is 4.79 Å². The molecule has 6 nitrogen and oxygen atoms in total. The first-order valence-electron chi connectivity index (χ1n) is 8.80. The van der Waals surface area contributed by atoms with Crippen molar-refractivity contribution in [1.29, 1.82) is 0 Å². The Kier molecular flexibility index (Phi) is 5.20. The quantitative estimate of drug-likeness (QED) is 0.828. The minimum absolute atomic E-state index is 0.00519. The lowest BCUT2D eigenvalue weighted by Gasteiger charge is -2.35. The van der Waals surface area contributed by atoms with Crippen molar-refractivity contribution < 1.29 is 19.0 Å². The zero-order valence-electron chi connectivity index (χ0n) is 15.5. The summed E-state index contributed by atoms with van der Waals surface area (Å²) in [6.07, 6.45) is 0. The average Bonchev–Trinajstić information content (AvgIpc) is 2.82. The molecule has 3 rings (SSSR count). The highest BCUT2D eigenvalue weighted by molar-refractivity contribution is 5.85. The number of benzene rings is 1. The van der Waals surface area contributed by atoms with Crippen molar-refractivity contribution >= 4 is 5.91 Å². The number of ether oxygens (including phenoxy) is 3. The number of carbonyl (C=O) groups excluding carboxylic acids is 1. The molecule has 2 atom stereocenters. The summed E-state index contributed by atoms with van der Waals surface area (Å²) < 4.78 is 17.1. The molecule has 2 aliphatic rings. The van der Waals surface area contributed by atoms with Crippen molar-refractivity contribution in [2.75, 3.05) is 47.0 Å². The van der Waals surface area contributed by atoms with Crippen LogP contribution in [0.4, 0.5) is 0 Å². The summed E-state index contributed by atoms with van der Waals surface area (Å²) in [7, 11) is 3.71. The number of hydrogen-bond donors (Lipinski definition) is 0. The topological polar surface area (TPSA) is 51.2 Å². The van der Waals surface area contributed by atoms with E-state index >= 15 is 0 Å². The maximum absolute atomic E-state index is 13.2. The number of para-hydroxylation sites is 2. The smallest absolute Gasteiger partial charge is 0.266 e. The number of fused-ring (bicyclic) bond motifs is 3. The highest BCUT2D eigenvalue weighted by Crippen LogP contribution is 2.31. The molecule has 0 radical (unpaired) electrons. The lowest BCUT2D eigenvalue weighted by Crippen LogP contribution is -2.53. The number of hydrogen-bond acceptors (Lipinski definition) is 5. The molecule has 2 heterocycles. The van der Waals surface area contributed by atoms with Crippen molar-refractivity contribution in [3.05, 3.63) is 24.3 Å². The van der Waals surface area contributed by atoms with E-state index in [1.165, 1.54) is 0 Å². The van der Waals surface area contributed by atoms with Gasteiger partial charge in [-0.25, -0.2) is 0 Å². The number of methoxy groups -OCH3 is 1. The van der Waals surface area contributed by atoms with Gasteiger partial charge in [-0.05, 0) is 33.0 Å². The van der Waals surface area contributed by atoms with Gasteiger partial charge >= 0.3 is 0 Å². The molecule has 1 amide bonds. The van der Waals surface area contributed by atoms with Crippen LogP contribution in [0.3, 0.4) is 0 Å². The molecule has 1 aromatic carbocycles. The molecule has 0 unspecified atom stereocenters. The number of likely N-dealkylation sites (N-methyl/N-ethyl adjacent to an activating group) is 1. The molecule has 0 N–H and O–H groups in total. The highest BCUT2D eigenvalue weighted by atomic mass is 16.5. The van der Waals surface area contributed by atoms with Gasteiger partial charge in [-0.2, -0.15) is 0 Å². The molecular weight excluding hydrogens is 320 g/mol. The van der Waals surface area contributed by atoms with Gasteiger partial charge in [-0.15, -0.1) is 0 Å². The van der Waals surface area contributed by atoms with E-state index in [2.05, 4.69) is 11.9 Å².